The summed E-state index contributed by atoms with van der Waals surface area (Å²) in [5.41, 5.74) is 9.65. The maximum absolute atomic E-state index is 5.96. The highest BCUT2D eigenvalue weighted by atomic mass is 15.5. The van der Waals surface area contributed by atoms with Crippen LogP contribution in [0.25, 0.3) is 0 Å². The van der Waals surface area contributed by atoms with Crippen molar-refractivity contribution in [2.75, 3.05) is 33.7 Å². The molecule has 4 heteroatoms. The van der Waals surface area contributed by atoms with Crippen LogP contribution in [0.4, 0.5) is 0 Å². The van der Waals surface area contributed by atoms with Gasteiger partial charge in [0.2, 0.25) is 0 Å². The van der Waals surface area contributed by atoms with Crippen LogP contribution < -0.4 is 11.2 Å². The highest BCUT2D eigenvalue weighted by Gasteiger charge is 2.40. The van der Waals surface area contributed by atoms with E-state index in [-0.39, 0.29) is 5.54 Å². The first kappa shape index (κ1) is 11.3. The molecule has 0 spiro atoms. The van der Waals surface area contributed by atoms with Crippen molar-refractivity contribution >= 4 is 0 Å². The van der Waals surface area contributed by atoms with Gasteiger partial charge in [-0.25, -0.2) is 5.43 Å². The second kappa shape index (κ2) is 4.37. The van der Waals surface area contributed by atoms with Crippen molar-refractivity contribution in [3.8, 4) is 0 Å². The van der Waals surface area contributed by atoms with Crippen LogP contribution in [-0.4, -0.2) is 55.2 Å². The van der Waals surface area contributed by atoms with Crippen molar-refractivity contribution in [2.45, 2.75) is 37.3 Å². The fraction of sp³-hybridized carbons (Fsp3) is 1.00. The topological polar surface area (TPSA) is 44.5 Å². The highest BCUT2D eigenvalue weighted by Crippen LogP contribution is 2.32. The van der Waals surface area contributed by atoms with Gasteiger partial charge in [0.15, 0.2) is 0 Å². The maximum Gasteiger partial charge on any atom is 0.0474 e. The quantitative estimate of drug-likeness (QED) is 0.647. The molecule has 2 fully saturated rings. The summed E-state index contributed by atoms with van der Waals surface area (Å²) in [6, 6.07) is 0.773. The lowest BCUT2D eigenvalue weighted by Crippen LogP contribution is -2.62. The molecule has 3 N–H and O–H groups in total. The molecule has 2 saturated heterocycles. The van der Waals surface area contributed by atoms with Crippen LogP contribution in [0.15, 0.2) is 0 Å². The largest absolute Gasteiger partial charge is 0.329 e. The minimum atomic E-state index is 0.148. The molecule has 0 amide bonds. The van der Waals surface area contributed by atoms with E-state index >= 15 is 0 Å². The van der Waals surface area contributed by atoms with E-state index in [9.17, 15) is 0 Å². The summed E-state index contributed by atoms with van der Waals surface area (Å²) in [6.07, 6.45) is 5.12. The maximum atomic E-state index is 5.96. The first-order chi connectivity index (χ1) is 7.15. The fourth-order valence-corrected chi connectivity index (χ4v) is 3.14. The average molecular weight is 212 g/mol. The van der Waals surface area contributed by atoms with Gasteiger partial charge in [-0.15, -0.1) is 0 Å². The zero-order chi connectivity index (χ0) is 10.9. The van der Waals surface area contributed by atoms with Gasteiger partial charge in [0.1, 0.15) is 0 Å². The third-order valence-corrected chi connectivity index (χ3v) is 3.85. The molecule has 0 aromatic heterocycles. The molecule has 2 heterocycles. The van der Waals surface area contributed by atoms with E-state index in [2.05, 4.69) is 29.4 Å². The van der Waals surface area contributed by atoms with Crippen molar-refractivity contribution in [1.29, 1.82) is 0 Å². The number of nitrogens with one attached hydrogen (secondary N) is 1. The molecule has 0 aliphatic carbocycles. The highest BCUT2D eigenvalue weighted by molar-refractivity contribution is 4.99. The van der Waals surface area contributed by atoms with Gasteiger partial charge < -0.3 is 10.6 Å². The minimum absolute atomic E-state index is 0.148. The lowest BCUT2D eigenvalue weighted by atomic mass is 9.84. The summed E-state index contributed by atoms with van der Waals surface area (Å²) < 4.78 is 0. The first-order valence-electron chi connectivity index (χ1n) is 6.04. The molecule has 88 valence electrons. The summed E-state index contributed by atoms with van der Waals surface area (Å²) in [6.45, 7) is 3.26. The molecule has 0 radical (unpaired) electrons. The van der Waals surface area contributed by atoms with Crippen LogP contribution in [0, 0.1) is 0 Å². The number of hydrazine groups is 1. The van der Waals surface area contributed by atoms with E-state index in [1.54, 1.807) is 0 Å². The normalized spacial score (nSPS) is 37.2. The number of nitrogens with zero attached hydrogens (tertiary/aromatic N) is 2. The molecular weight excluding hydrogens is 188 g/mol. The molecule has 0 saturated carbocycles. The number of hydrogen-bond donors (Lipinski definition) is 2. The number of hydrogen-bond acceptors (Lipinski definition) is 4. The Labute approximate surface area is 92.8 Å². The van der Waals surface area contributed by atoms with Crippen LogP contribution in [0.1, 0.15) is 25.7 Å². The molecule has 4 nitrogen and oxygen atoms in total. The third kappa shape index (κ3) is 2.33. The molecule has 0 aromatic carbocycles. The van der Waals surface area contributed by atoms with E-state index in [1.165, 1.54) is 38.8 Å². The summed E-state index contributed by atoms with van der Waals surface area (Å²) in [4.78, 5) is 2.63. The van der Waals surface area contributed by atoms with Gasteiger partial charge in [-0.05, 0) is 32.2 Å². The van der Waals surface area contributed by atoms with Gasteiger partial charge in [0.25, 0.3) is 0 Å². The number of rotatable bonds is 3. The third-order valence-electron chi connectivity index (χ3n) is 3.85. The van der Waals surface area contributed by atoms with E-state index in [0.717, 1.165) is 12.6 Å². The molecule has 2 atom stereocenters. The van der Waals surface area contributed by atoms with E-state index in [0.29, 0.717) is 0 Å². The van der Waals surface area contributed by atoms with Crippen LogP contribution >= 0.6 is 0 Å². The van der Waals surface area contributed by atoms with Crippen LogP contribution in [-0.2, 0) is 0 Å². The van der Waals surface area contributed by atoms with Gasteiger partial charge in [-0.3, -0.25) is 5.01 Å². The number of nitrogens with two attached hydrogens (primary N) is 1. The van der Waals surface area contributed by atoms with Crippen LogP contribution in [0.2, 0.25) is 0 Å². The van der Waals surface area contributed by atoms with Crippen LogP contribution in [0.3, 0.4) is 0 Å². The lowest BCUT2D eigenvalue weighted by molar-refractivity contribution is 0.0608. The van der Waals surface area contributed by atoms with E-state index in [1.807, 2.05) is 0 Å². The Morgan fingerprint density at radius 3 is 2.93 bits per heavy atom. The van der Waals surface area contributed by atoms with Gasteiger partial charge >= 0.3 is 0 Å². The second-order valence-corrected chi connectivity index (χ2v) is 5.28. The molecule has 2 rings (SSSR count). The van der Waals surface area contributed by atoms with Gasteiger partial charge in [0.05, 0.1) is 0 Å². The Morgan fingerprint density at radius 2 is 2.27 bits per heavy atom. The summed E-state index contributed by atoms with van der Waals surface area (Å²) in [5, 5.41) is 2.05. The summed E-state index contributed by atoms with van der Waals surface area (Å²) in [7, 11) is 4.11. The monoisotopic (exact) mass is 212 g/mol. The molecule has 2 unspecified atom stereocenters. The van der Waals surface area contributed by atoms with Gasteiger partial charge in [0, 0.05) is 38.8 Å². The average Bonchev–Trinajstić information content (AvgIpc) is 2.63. The zero-order valence-electron chi connectivity index (χ0n) is 10.00. The van der Waals surface area contributed by atoms with Crippen molar-refractivity contribution in [3.63, 3.8) is 0 Å². The van der Waals surface area contributed by atoms with Crippen molar-refractivity contribution < 1.29 is 0 Å². The van der Waals surface area contributed by atoms with Crippen molar-refractivity contribution in [2.24, 2.45) is 5.73 Å². The van der Waals surface area contributed by atoms with Crippen LogP contribution in [0.5, 0.6) is 0 Å². The SMILES string of the molecule is CN(C)NC1(CN)CCN2CCCC2C1. The zero-order valence-corrected chi connectivity index (χ0v) is 10.00. The van der Waals surface area contributed by atoms with E-state index < -0.39 is 0 Å². The first-order valence-corrected chi connectivity index (χ1v) is 6.04. The van der Waals surface area contributed by atoms with Crippen molar-refractivity contribution in [1.82, 2.24) is 15.3 Å². The summed E-state index contributed by atoms with van der Waals surface area (Å²) >= 11 is 0. The molecule has 2 aliphatic heterocycles. The Morgan fingerprint density at radius 1 is 1.47 bits per heavy atom. The molecular formula is C11H24N4. The number of fused-ring (bicyclic) bond motifs is 1. The smallest absolute Gasteiger partial charge is 0.0474 e. The predicted molar refractivity (Wildman–Crippen MR) is 62.4 cm³/mol. The molecule has 15 heavy (non-hydrogen) atoms. The standard InChI is InChI=1S/C11H24N4/c1-14(2)13-11(9-12)5-7-15-6-3-4-10(15)8-11/h10,13H,3-9,12H2,1-2H3. The second-order valence-electron chi connectivity index (χ2n) is 5.28. The Hall–Kier alpha value is -0.160. The fourth-order valence-electron chi connectivity index (χ4n) is 3.14. The van der Waals surface area contributed by atoms with E-state index in [4.69, 9.17) is 5.73 Å². The van der Waals surface area contributed by atoms with Crippen molar-refractivity contribution in [3.05, 3.63) is 0 Å². The number of piperidine rings is 1. The predicted octanol–water partition coefficient (Wildman–Crippen LogP) is 0.00830. The lowest BCUT2D eigenvalue weighted by Gasteiger charge is -2.45. The summed E-state index contributed by atoms with van der Waals surface area (Å²) in [5.74, 6) is 0. The molecule has 0 aromatic rings. The molecule has 0 bridgehead atoms. The minimum Gasteiger partial charge on any atom is -0.329 e. The Kier molecular flexibility index (Phi) is 3.30. The van der Waals surface area contributed by atoms with Gasteiger partial charge in [-0.1, -0.05) is 0 Å². The van der Waals surface area contributed by atoms with Gasteiger partial charge in [-0.2, -0.15) is 0 Å². The Balaban J connectivity index is 2.01. The molecule has 2 aliphatic rings. The Bertz CT molecular complexity index is 219.